The van der Waals surface area contributed by atoms with Crippen molar-refractivity contribution in [1.82, 2.24) is 5.32 Å². The molecule has 0 saturated carbocycles. The average Bonchev–Trinajstić information content (AvgIpc) is 2.46. The summed E-state index contributed by atoms with van der Waals surface area (Å²) in [5.74, 6) is 0.931. The maximum absolute atomic E-state index is 5.58. The highest BCUT2D eigenvalue weighted by molar-refractivity contribution is 5.35. The first-order valence-electron chi connectivity index (χ1n) is 7.11. The lowest BCUT2D eigenvalue weighted by molar-refractivity contribution is 0.219. The SMILES string of the molecule is CCNC(C1=COCCC1)c1cccc(OCC)c1. The summed E-state index contributed by atoms with van der Waals surface area (Å²) in [5.41, 5.74) is 2.56. The molecular weight excluding hydrogens is 238 g/mol. The fourth-order valence-electron chi connectivity index (χ4n) is 2.41. The van der Waals surface area contributed by atoms with Gasteiger partial charge in [-0.25, -0.2) is 0 Å². The summed E-state index contributed by atoms with van der Waals surface area (Å²) in [6.45, 7) is 6.60. The van der Waals surface area contributed by atoms with E-state index in [1.807, 2.05) is 19.3 Å². The molecule has 0 spiro atoms. The lowest BCUT2D eigenvalue weighted by Gasteiger charge is -2.24. The van der Waals surface area contributed by atoms with Gasteiger partial charge >= 0.3 is 0 Å². The average molecular weight is 261 g/mol. The van der Waals surface area contributed by atoms with Crippen LogP contribution >= 0.6 is 0 Å². The Balaban J connectivity index is 2.22. The van der Waals surface area contributed by atoms with Gasteiger partial charge in [0.1, 0.15) is 5.75 Å². The molecule has 1 N–H and O–H groups in total. The molecule has 1 aromatic carbocycles. The minimum atomic E-state index is 0.228. The van der Waals surface area contributed by atoms with Gasteiger partial charge in [0.05, 0.1) is 25.5 Å². The molecule has 1 heterocycles. The monoisotopic (exact) mass is 261 g/mol. The van der Waals surface area contributed by atoms with Gasteiger partial charge in [0.2, 0.25) is 0 Å². The molecule has 1 atom stereocenters. The van der Waals surface area contributed by atoms with Crippen LogP contribution in [0.5, 0.6) is 5.75 Å². The molecule has 0 aromatic heterocycles. The van der Waals surface area contributed by atoms with Gasteiger partial charge in [0.25, 0.3) is 0 Å². The summed E-state index contributed by atoms with van der Waals surface area (Å²) in [7, 11) is 0. The second-order valence-electron chi connectivity index (χ2n) is 4.66. The van der Waals surface area contributed by atoms with E-state index in [1.54, 1.807) is 0 Å². The zero-order chi connectivity index (χ0) is 13.5. The summed E-state index contributed by atoms with van der Waals surface area (Å²) in [4.78, 5) is 0. The smallest absolute Gasteiger partial charge is 0.119 e. The Morgan fingerprint density at radius 3 is 2.95 bits per heavy atom. The lowest BCUT2D eigenvalue weighted by Crippen LogP contribution is -2.24. The molecule has 0 amide bonds. The number of ether oxygens (including phenoxy) is 2. The summed E-state index contributed by atoms with van der Waals surface area (Å²) >= 11 is 0. The molecule has 1 unspecified atom stereocenters. The molecule has 0 aliphatic carbocycles. The van der Waals surface area contributed by atoms with Gasteiger partial charge in [-0.3, -0.25) is 0 Å². The van der Waals surface area contributed by atoms with E-state index in [2.05, 4.69) is 30.4 Å². The molecule has 0 bridgehead atoms. The maximum atomic E-state index is 5.58. The van der Waals surface area contributed by atoms with E-state index < -0.39 is 0 Å². The molecule has 2 rings (SSSR count). The second-order valence-corrected chi connectivity index (χ2v) is 4.66. The maximum Gasteiger partial charge on any atom is 0.119 e. The van der Waals surface area contributed by atoms with Crippen LogP contribution in [0, 0.1) is 0 Å². The fourth-order valence-corrected chi connectivity index (χ4v) is 2.41. The van der Waals surface area contributed by atoms with Crippen molar-refractivity contribution in [3.8, 4) is 5.75 Å². The van der Waals surface area contributed by atoms with Crippen molar-refractivity contribution in [3.05, 3.63) is 41.7 Å². The molecule has 1 aliphatic heterocycles. The highest BCUT2D eigenvalue weighted by Gasteiger charge is 2.18. The highest BCUT2D eigenvalue weighted by atomic mass is 16.5. The van der Waals surface area contributed by atoms with Crippen LogP contribution in [-0.2, 0) is 4.74 Å². The van der Waals surface area contributed by atoms with Gasteiger partial charge in [0, 0.05) is 0 Å². The second kappa shape index (κ2) is 7.19. The summed E-state index contributed by atoms with van der Waals surface area (Å²) in [5, 5.41) is 3.53. The Kier molecular flexibility index (Phi) is 5.28. The number of rotatable bonds is 6. The largest absolute Gasteiger partial charge is 0.501 e. The first-order chi connectivity index (χ1) is 9.35. The minimum absolute atomic E-state index is 0.228. The van der Waals surface area contributed by atoms with E-state index in [1.165, 1.54) is 11.1 Å². The fraction of sp³-hybridized carbons (Fsp3) is 0.500. The van der Waals surface area contributed by atoms with Gasteiger partial charge in [-0.1, -0.05) is 19.1 Å². The lowest BCUT2D eigenvalue weighted by atomic mass is 9.95. The normalized spacial score (nSPS) is 16.4. The first-order valence-corrected chi connectivity index (χ1v) is 7.11. The molecule has 19 heavy (non-hydrogen) atoms. The van der Waals surface area contributed by atoms with Crippen LogP contribution in [0.15, 0.2) is 36.1 Å². The van der Waals surface area contributed by atoms with Crippen LogP contribution in [-0.4, -0.2) is 19.8 Å². The molecule has 0 fully saturated rings. The van der Waals surface area contributed by atoms with Gasteiger partial charge in [-0.2, -0.15) is 0 Å². The van der Waals surface area contributed by atoms with Crippen molar-refractivity contribution < 1.29 is 9.47 Å². The van der Waals surface area contributed by atoms with Crippen LogP contribution < -0.4 is 10.1 Å². The Labute approximate surface area is 115 Å². The van der Waals surface area contributed by atoms with Crippen LogP contribution in [0.4, 0.5) is 0 Å². The molecule has 0 radical (unpaired) electrons. The van der Waals surface area contributed by atoms with Crippen LogP contribution in [0.1, 0.15) is 38.3 Å². The van der Waals surface area contributed by atoms with E-state index in [0.717, 1.165) is 31.7 Å². The Hall–Kier alpha value is -1.48. The quantitative estimate of drug-likeness (QED) is 0.851. The van der Waals surface area contributed by atoms with Gasteiger partial charge in [-0.15, -0.1) is 0 Å². The Bertz CT molecular complexity index is 429. The van der Waals surface area contributed by atoms with Crippen molar-refractivity contribution in [3.63, 3.8) is 0 Å². The molecular formula is C16H23NO2. The van der Waals surface area contributed by atoms with Gasteiger partial charge in [-0.05, 0) is 49.6 Å². The predicted molar refractivity (Wildman–Crippen MR) is 77.3 cm³/mol. The summed E-state index contributed by atoms with van der Waals surface area (Å²) in [6.07, 6.45) is 4.11. The number of nitrogens with one attached hydrogen (secondary N) is 1. The van der Waals surface area contributed by atoms with Crippen molar-refractivity contribution in [1.29, 1.82) is 0 Å². The van der Waals surface area contributed by atoms with Crippen molar-refractivity contribution in [2.45, 2.75) is 32.7 Å². The first kappa shape index (κ1) is 13.9. The molecule has 0 saturated heterocycles. The van der Waals surface area contributed by atoms with E-state index in [0.29, 0.717) is 6.61 Å². The standard InChI is InChI=1S/C16H23NO2/c1-3-17-16(14-8-6-10-18-12-14)13-7-5-9-15(11-13)19-4-2/h5,7,9,11-12,16-17H,3-4,6,8,10H2,1-2H3. The molecule has 1 aromatic rings. The zero-order valence-electron chi connectivity index (χ0n) is 11.8. The van der Waals surface area contributed by atoms with E-state index in [4.69, 9.17) is 9.47 Å². The van der Waals surface area contributed by atoms with Crippen LogP contribution in [0.3, 0.4) is 0 Å². The molecule has 3 heteroatoms. The van der Waals surface area contributed by atoms with Gasteiger partial charge in [0.15, 0.2) is 0 Å². The summed E-state index contributed by atoms with van der Waals surface area (Å²) in [6, 6.07) is 8.54. The number of hydrogen-bond acceptors (Lipinski definition) is 3. The number of hydrogen-bond donors (Lipinski definition) is 1. The van der Waals surface area contributed by atoms with E-state index >= 15 is 0 Å². The topological polar surface area (TPSA) is 30.5 Å². The van der Waals surface area contributed by atoms with Crippen molar-refractivity contribution >= 4 is 0 Å². The van der Waals surface area contributed by atoms with Crippen LogP contribution in [0.2, 0.25) is 0 Å². The number of benzene rings is 1. The Morgan fingerprint density at radius 1 is 1.37 bits per heavy atom. The van der Waals surface area contributed by atoms with Gasteiger partial charge < -0.3 is 14.8 Å². The van der Waals surface area contributed by atoms with Crippen LogP contribution in [0.25, 0.3) is 0 Å². The minimum Gasteiger partial charge on any atom is -0.501 e. The van der Waals surface area contributed by atoms with Crippen molar-refractivity contribution in [2.24, 2.45) is 0 Å². The predicted octanol–water partition coefficient (Wildman–Crippen LogP) is 3.43. The third-order valence-electron chi connectivity index (χ3n) is 3.24. The number of likely N-dealkylation sites (N-methyl/N-ethyl adjacent to an activating group) is 1. The van der Waals surface area contributed by atoms with E-state index in [9.17, 15) is 0 Å². The molecule has 104 valence electrons. The zero-order valence-corrected chi connectivity index (χ0v) is 11.8. The Morgan fingerprint density at radius 2 is 2.26 bits per heavy atom. The summed E-state index contributed by atoms with van der Waals surface area (Å²) < 4.78 is 11.1. The highest BCUT2D eigenvalue weighted by Crippen LogP contribution is 2.29. The van der Waals surface area contributed by atoms with E-state index in [-0.39, 0.29) is 6.04 Å². The third-order valence-corrected chi connectivity index (χ3v) is 3.24. The molecule has 1 aliphatic rings. The van der Waals surface area contributed by atoms with Crippen molar-refractivity contribution in [2.75, 3.05) is 19.8 Å². The molecule has 3 nitrogen and oxygen atoms in total. The third kappa shape index (κ3) is 3.74.